The summed E-state index contributed by atoms with van der Waals surface area (Å²) in [6, 6.07) is 14.8. The number of likely N-dealkylation sites (N-methyl/N-ethyl adjacent to an activating group) is 1. The molecule has 5 rings (SSSR count). The monoisotopic (exact) mass is 546 g/mol. The van der Waals surface area contributed by atoms with Crippen LogP contribution in [0.3, 0.4) is 0 Å². The number of thioether (sulfide) groups is 2. The summed E-state index contributed by atoms with van der Waals surface area (Å²) in [4.78, 5) is 5.89. The molecule has 0 saturated carbocycles. The Morgan fingerprint density at radius 1 is 1.11 bits per heavy atom. The molecule has 2 aliphatic rings. The Morgan fingerprint density at radius 2 is 1.89 bits per heavy atom. The van der Waals surface area contributed by atoms with Crippen LogP contribution in [-0.4, -0.2) is 24.9 Å². The standard InChI is InChI=1S/C26H23F3N3OS3/c1-4-32-17(2)24(25-30(3)20-11-10-19(14-21(20)35-25)33-26(27,28)29)36-23(32)15-22-31(12-13-34-22)16-18-8-6-5-7-9-18/h5-15H,2,4,16H2,1,3H3/q+1/b25-24+. The molecule has 1 fully saturated rings. The molecule has 3 heterocycles. The van der Waals surface area contributed by atoms with Crippen LogP contribution in [0.1, 0.15) is 17.5 Å². The summed E-state index contributed by atoms with van der Waals surface area (Å²) in [5, 5.41) is 5.22. The molecule has 0 spiro atoms. The zero-order chi connectivity index (χ0) is 25.4. The molecule has 10 heteroatoms. The maximum Gasteiger partial charge on any atom is 0.573 e. The lowest BCUT2D eigenvalue weighted by Crippen LogP contribution is -2.34. The number of anilines is 1. The van der Waals surface area contributed by atoms with Crippen molar-refractivity contribution in [1.82, 2.24) is 4.90 Å². The Hall–Kier alpha value is -2.82. The first-order valence-corrected chi connectivity index (χ1v) is 13.7. The topological polar surface area (TPSA) is 19.6 Å². The third kappa shape index (κ3) is 5.02. The van der Waals surface area contributed by atoms with Gasteiger partial charge in [0.2, 0.25) is 0 Å². The summed E-state index contributed by atoms with van der Waals surface area (Å²) in [6.07, 6.45) is -0.449. The second kappa shape index (κ2) is 9.91. The average Bonchev–Trinajstić information content (AvgIpc) is 3.49. The van der Waals surface area contributed by atoms with Crippen LogP contribution >= 0.6 is 34.9 Å². The van der Waals surface area contributed by atoms with E-state index in [1.54, 1.807) is 29.2 Å². The molecule has 1 aromatic heterocycles. The summed E-state index contributed by atoms with van der Waals surface area (Å²) in [6.45, 7) is 7.98. The van der Waals surface area contributed by atoms with Gasteiger partial charge in [-0.05, 0) is 25.1 Å². The highest BCUT2D eigenvalue weighted by molar-refractivity contribution is 8.09. The van der Waals surface area contributed by atoms with Crippen molar-refractivity contribution in [2.24, 2.45) is 0 Å². The van der Waals surface area contributed by atoms with E-state index < -0.39 is 6.36 Å². The van der Waals surface area contributed by atoms with Crippen LogP contribution in [0.2, 0.25) is 0 Å². The Kier molecular flexibility index (Phi) is 6.84. The van der Waals surface area contributed by atoms with E-state index in [9.17, 15) is 13.2 Å². The van der Waals surface area contributed by atoms with Crippen molar-refractivity contribution in [2.75, 3.05) is 18.5 Å². The fraction of sp³-hybridized carbons (Fsp3) is 0.192. The normalized spacial score (nSPS) is 18.9. The molecule has 0 bridgehead atoms. The SMILES string of the molecule is C=C1/C(=C2\Sc3cc(OC(F)(F)F)ccc3N2C)S/C(=C\c2scc[n+]2Cc2ccccc2)N1CC. The van der Waals surface area contributed by atoms with Crippen molar-refractivity contribution >= 4 is 46.6 Å². The quantitative estimate of drug-likeness (QED) is 0.313. The largest absolute Gasteiger partial charge is 0.573 e. The number of hydrogen-bond donors (Lipinski definition) is 0. The van der Waals surface area contributed by atoms with Gasteiger partial charge < -0.3 is 14.5 Å². The third-order valence-electron chi connectivity index (χ3n) is 5.76. The minimum Gasteiger partial charge on any atom is -0.406 e. The number of ether oxygens (including phenoxy) is 1. The molecule has 0 radical (unpaired) electrons. The van der Waals surface area contributed by atoms with E-state index in [1.165, 1.54) is 29.5 Å². The smallest absolute Gasteiger partial charge is 0.406 e. The van der Waals surface area contributed by atoms with Crippen molar-refractivity contribution < 1.29 is 22.5 Å². The zero-order valence-corrected chi connectivity index (χ0v) is 22.0. The molecular weight excluding hydrogens is 524 g/mol. The van der Waals surface area contributed by atoms with Gasteiger partial charge in [-0.2, -0.15) is 4.57 Å². The van der Waals surface area contributed by atoms with Crippen LogP contribution in [0.25, 0.3) is 6.08 Å². The summed E-state index contributed by atoms with van der Waals surface area (Å²) < 4.78 is 44.4. The molecule has 4 nitrogen and oxygen atoms in total. The summed E-state index contributed by atoms with van der Waals surface area (Å²) in [7, 11) is 1.92. The number of halogens is 3. The van der Waals surface area contributed by atoms with Gasteiger partial charge in [0.25, 0.3) is 5.01 Å². The van der Waals surface area contributed by atoms with E-state index in [0.717, 1.165) is 49.3 Å². The second-order valence-electron chi connectivity index (χ2n) is 8.10. The minimum absolute atomic E-state index is 0.220. The molecule has 2 aliphatic heterocycles. The fourth-order valence-electron chi connectivity index (χ4n) is 4.07. The van der Waals surface area contributed by atoms with E-state index in [4.69, 9.17) is 0 Å². The van der Waals surface area contributed by atoms with Crippen LogP contribution in [-0.2, 0) is 6.54 Å². The van der Waals surface area contributed by atoms with Gasteiger partial charge in [0.1, 0.15) is 5.75 Å². The van der Waals surface area contributed by atoms with Gasteiger partial charge in [0, 0.05) is 24.1 Å². The number of rotatable bonds is 5. The number of nitrogens with zero attached hydrogens (tertiary/aromatic N) is 3. The molecule has 1 saturated heterocycles. The Balaban J connectivity index is 1.44. The lowest BCUT2D eigenvalue weighted by atomic mass is 10.2. The van der Waals surface area contributed by atoms with E-state index in [0.29, 0.717) is 0 Å². The Labute approximate surface area is 220 Å². The van der Waals surface area contributed by atoms with Gasteiger partial charge in [-0.15, -0.1) is 13.2 Å². The summed E-state index contributed by atoms with van der Waals surface area (Å²) >= 11 is 4.75. The Bertz CT molecular complexity index is 1370. The summed E-state index contributed by atoms with van der Waals surface area (Å²) in [5.74, 6) is -0.220. The molecule has 2 aromatic carbocycles. The van der Waals surface area contributed by atoms with Crippen molar-refractivity contribution in [1.29, 1.82) is 0 Å². The fourth-order valence-corrected chi connectivity index (χ4v) is 7.51. The number of aromatic nitrogens is 1. The lowest BCUT2D eigenvalue weighted by Gasteiger charge is -2.18. The van der Waals surface area contributed by atoms with Gasteiger partial charge in [-0.1, -0.05) is 71.8 Å². The van der Waals surface area contributed by atoms with E-state index in [-0.39, 0.29) is 5.75 Å². The predicted molar refractivity (Wildman–Crippen MR) is 142 cm³/mol. The molecule has 3 aromatic rings. The van der Waals surface area contributed by atoms with Crippen LogP contribution < -0.4 is 14.2 Å². The van der Waals surface area contributed by atoms with Gasteiger partial charge in [0.15, 0.2) is 12.7 Å². The highest BCUT2D eigenvalue weighted by atomic mass is 32.2. The van der Waals surface area contributed by atoms with E-state index >= 15 is 0 Å². The van der Waals surface area contributed by atoms with Crippen molar-refractivity contribution in [3.8, 4) is 5.75 Å². The summed E-state index contributed by atoms with van der Waals surface area (Å²) in [5.41, 5.74) is 2.95. The van der Waals surface area contributed by atoms with Crippen LogP contribution in [0, 0.1) is 0 Å². The number of benzene rings is 2. The molecule has 186 valence electrons. The van der Waals surface area contributed by atoms with Crippen molar-refractivity contribution in [3.63, 3.8) is 0 Å². The number of hydrogen-bond acceptors (Lipinski definition) is 6. The van der Waals surface area contributed by atoms with Crippen LogP contribution in [0.5, 0.6) is 5.75 Å². The molecule has 0 amide bonds. The van der Waals surface area contributed by atoms with Gasteiger partial charge in [0.05, 0.1) is 37.8 Å². The van der Waals surface area contributed by atoms with E-state index in [2.05, 4.69) is 57.5 Å². The van der Waals surface area contributed by atoms with Crippen molar-refractivity contribution in [3.05, 3.63) is 97.9 Å². The van der Waals surface area contributed by atoms with Crippen molar-refractivity contribution in [2.45, 2.75) is 24.7 Å². The van der Waals surface area contributed by atoms with Gasteiger partial charge in [-0.3, -0.25) is 0 Å². The first kappa shape index (κ1) is 24.9. The molecule has 0 aliphatic carbocycles. The third-order valence-corrected chi connectivity index (χ3v) is 9.14. The average molecular weight is 547 g/mol. The molecule has 0 N–H and O–H groups in total. The molecule has 0 unspecified atom stereocenters. The molecule has 36 heavy (non-hydrogen) atoms. The van der Waals surface area contributed by atoms with E-state index in [1.807, 2.05) is 30.1 Å². The maximum absolute atomic E-state index is 12.7. The molecule has 0 atom stereocenters. The minimum atomic E-state index is -4.72. The molecular formula is C26H23F3N3OS3+. The lowest BCUT2D eigenvalue weighted by molar-refractivity contribution is -0.685. The number of fused-ring (bicyclic) bond motifs is 1. The first-order chi connectivity index (χ1) is 17.2. The zero-order valence-electron chi connectivity index (χ0n) is 19.6. The van der Waals surface area contributed by atoms with Gasteiger partial charge in [-0.25, -0.2) is 0 Å². The van der Waals surface area contributed by atoms with Gasteiger partial charge >= 0.3 is 6.36 Å². The highest BCUT2D eigenvalue weighted by Crippen LogP contribution is 2.55. The van der Waals surface area contributed by atoms with Crippen LogP contribution in [0.15, 0.2) is 92.2 Å². The predicted octanol–water partition coefficient (Wildman–Crippen LogP) is 7.27. The highest BCUT2D eigenvalue weighted by Gasteiger charge is 2.36. The Morgan fingerprint density at radius 3 is 2.61 bits per heavy atom. The number of alkyl halides is 3. The van der Waals surface area contributed by atoms with Crippen LogP contribution in [0.4, 0.5) is 18.9 Å². The second-order valence-corrected chi connectivity index (χ2v) is 11.1. The maximum atomic E-state index is 12.7. The first-order valence-electron chi connectivity index (χ1n) is 11.2. The number of thiazole rings is 1.